The molecule has 0 aliphatic carbocycles. The fourth-order valence-corrected chi connectivity index (χ4v) is 2.55. The van der Waals surface area contributed by atoms with E-state index in [1.54, 1.807) is 31.2 Å². The van der Waals surface area contributed by atoms with Gasteiger partial charge < -0.3 is 9.16 Å². The van der Waals surface area contributed by atoms with Crippen molar-refractivity contribution in [2.24, 2.45) is 0 Å². The Balaban J connectivity index is 3.03. The Morgan fingerprint density at radius 2 is 1.76 bits per heavy atom. The van der Waals surface area contributed by atoms with Crippen molar-refractivity contribution >= 4 is 36.0 Å². The van der Waals surface area contributed by atoms with Gasteiger partial charge in [0, 0.05) is 16.1 Å². The molecule has 0 amide bonds. The predicted octanol–water partition coefficient (Wildman–Crippen LogP) is 3.93. The van der Waals surface area contributed by atoms with Gasteiger partial charge in [0.05, 0.1) is 6.61 Å². The van der Waals surface area contributed by atoms with Crippen molar-refractivity contribution < 1.29 is 18.8 Å². The van der Waals surface area contributed by atoms with Gasteiger partial charge in [-0.2, -0.15) is 0 Å². The van der Waals surface area contributed by atoms with Crippen LogP contribution >= 0.6 is 15.9 Å². The van der Waals surface area contributed by atoms with Crippen LogP contribution in [0.2, 0.25) is 19.6 Å². The van der Waals surface area contributed by atoms with Crippen LogP contribution in [-0.4, -0.2) is 26.7 Å². The van der Waals surface area contributed by atoms with Crippen molar-refractivity contribution in [2.75, 3.05) is 6.61 Å². The number of halogens is 1. The fourth-order valence-electron chi connectivity index (χ4n) is 1.48. The Labute approximate surface area is 134 Å². The average Bonchev–Trinajstić information content (AvgIpc) is 2.37. The summed E-state index contributed by atoms with van der Waals surface area (Å²) >= 11 is 3.31. The second-order valence-electron chi connectivity index (χ2n) is 5.31. The summed E-state index contributed by atoms with van der Waals surface area (Å²) in [5.41, 5.74) is 0.485. The molecule has 0 N–H and O–H groups in total. The summed E-state index contributed by atoms with van der Waals surface area (Å²) in [6.07, 6.45) is 1.21. The Bertz CT molecular complexity index is 544. The van der Waals surface area contributed by atoms with Crippen molar-refractivity contribution in [1.29, 1.82) is 0 Å². The molecule has 0 saturated heterocycles. The van der Waals surface area contributed by atoms with Crippen molar-refractivity contribution in [3.05, 3.63) is 46.1 Å². The van der Waals surface area contributed by atoms with Gasteiger partial charge in [-0.05, 0) is 50.8 Å². The number of hydrogen-bond acceptors (Lipinski definition) is 4. The molecule has 1 aromatic rings. The highest BCUT2D eigenvalue weighted by molar-refractivity contribution is 9.10. The Kier molecular flexibility index (Phi) is 6.35. The molecule has 0 unspecified atom stereocenters. The first-order valence-electron chi connectivity index (χ1n) is 6.60. The molecule has 0 spiro atoms. The van der Waals surface area contributed by atoms with Crippen LogP contribution in [0.5, 0.6) is 0 Å². The van der Waals surface area contributed by atoms with Crippen molar-refractivity contribution in [2.45, 2.75) is 26.6 Å². The highest BCUT2D eigenvalue weighted by Gasteiger charge is 2.24. The lowest BCUT2D eigenvalue weighted by molar-refractivity contribution is -0.141. The number of carbonyl (C=O) groups excluding carboxylic acids is 2. The zero-order valence-electron chi connectivity index (χ0n) is 12.6. The topological polar surface area (TPSA) is 52.6 Å². The third-order valence-electron chi connectivity index (χ3n) is 2.28. The fraction of sp³-hybridized carbons (Fsp3) is 0.333. The van der Waals surface area contributed by atoms with E-state index >= 15 is 0 Å². The quantitative estimate of drug-likeness (QED) is 0.250. The summed E-state index contributed by atoms with van der Waals surface area (Å²) in [6, 6.07) is 6.90. The van der Waals surface area contributed by atoms with Crippen LogP contribution in [-0.2, 0) is 14.0 Å². The number of carbonyl (C=O) groups is 2. The van der Waals surface area contributed by atoms with Crippen LogP contribution in [0.1, 0.15) is 17.3 Å². The van der Waals surface area contributed by atoms with Gasteiger partial charge in [0.1, 0.15) is 0 Å². The van der Waals surface area contributed by atoms with E-state index in [9.17, 15) is 9.59 Å². The van der Waals surface area contributed by atoms with Crippen LogP contribution in [0.25, 0.3) is 0 Å². The monoisotopic (exact) mass is 370 g/mol. The summed E-state index contributed by atoms with van der Waals surface area (Å²) in [6.45, 7) is 7.75. The molecule has 6 heteroatoms. The standard InChI is InChI=1S/C15H19BrO4Si/c1-5-19-15(18)14(20-21(2,3)4)10-13(17)11-6-8-12(16)9-7-11/h6-10H,5H2,1-4H3/b14-10+. The van der Waals surface area contributed by atoms with Crippen LogP contribution < -0.4 is 0 Å². The molecule has 0 radical (unpaired) electrons. The molecular formula is C15H19BrO4Si. The van der Waals surface area contributed by atoms with E-state index in [2.05, 4.69) is 15.9 Å². The van der Waals surface area contributed by atoms with E-state index < -0.39 is 14.3 Å². The zero-order valence-corrected chi connectivity index (χ0v) is 15.2. The van der Waals surface area contributed by atoms with Crippen LogP contribution in [0, 0.1) is 0 Å². The molecule has 21 heavy (non-hydrogen) atoms. The predicted molar refractivity (Wildman–Crippen MR) is 87.6 cm³/mol. The molecule has 0 fully saturated rings. The molecule has 1 aromatic carbocycles. The van der Waals surface area contributed by atoms with Gasteiger partial charge in [-0.3, -0.25) is 4.79 Å². The Morgan fingerprint density at radius 3 is 2.24 bits per heavy atom. The van der Waals surface area contributed by atoms with Gasteiger partial charge in [-0.25, -0.2) is 4.79 Å². The van der Waals surface area contributed by atoms with Crippen molar-refractivity contribution in [3.63, 3.8) is 0 Å². The van der Waals surface area contributed by atoms with Crippen molar-refractivity contribution in [3.8, 4) is 0 Å². The lowest BCUT2D eigenvalue weighted by Crippen LogP contribution is -2.28. The maximum atomic E-state index is 12.2. The molecule has 0 aliphatic heterocycles. The van der Waals surface area contributed by atoms with Gasteiger partial charge in [0.25, 0.3) is 0 Å². The molecule has 0 heterocycles. The molecule has 0 aliphatic rings. The number of ketones is 1. The smallest absolute Gasteiger partial charge is 0.372 e. The average molecular weight is 371 g/mol. The second-order valence-corrected chi connectivity index (χ2v) is 10.7. The maximum Gasteiger partial charge on any atom is 0.372 e. The first-order chi connectivity index (χ1) is 9.73. The molecule has 4 nitrogen and oxygen atoms in total. The molecule has 0 bridgehead atoms. The summed E-state index contributed by atoms with van der Waals surface area (Å²) in [4.78, 5) is 24.1. The molecule has 0 atom stereocenters. The number of allylic oxidation sites excluding steroid dienone is 1. The number of benzene rings is 1. The first kappa shape index (κ1) is 17.6. The minimum atomic E-state index is -2.02. The van der Waals surface area contributed by atoms with E-state index in [4.69, 9.17) is 9.16 Å². The van der Waals surface area contributed by atoms with Gasteiger partial charge in [-0.15, -0.1) is 0 Å². The van der Waals surface area contributed by atoms with E-state index in [-0.39, 0.29) is 18.1 Å². The van der Waals surface area contributed by atoms with E-state index in [0.717, 1.165) is 4.47 Å². The van der Waals surface area contributed by atoms with Gasteiger partial charge >= 0.3 is 5.97 Å². The molecule has 0 aromatic heterocycles. The lowest BCUT2D eigenvalue weighted by Gasteiger charge is -2.20. The molecule has 114 valence electrons. The van der Waals surface area contributed by atoms with E-state index in [1.165, 1.54) is 6.08 Å². The number of rotatable bonds is 6. The third-order valence-corrected chi connectivity index (χ3v) is 3.64. The molecular weight excluding hydrogens is 352 g/mol. The highest BCUT2D eigenvalue weighted by Crippen LogP contribution is 2.15. The SMILES string of the molecule is CCOC(=O)/C(=C\C(=O)c1ccc(Br)cc1)O[Si](C)(C)C. The summed E-state index contributed by atoms with van der Waals surface area (Å²) in [5.74, 6) is -0.918. The third kappa shape index (κ3) is 6.26. The lowest BCUT2D eigenvalue weighted by atomic mass is 10.1. The minimum Gasteiger partial charge on any atom is -0.539 e. The van der Waals surface area contributed by atoms with Gasteiger partial charge in [0.15, 0.2) is 11.5 Å². The number of hydrogen-bond donors (Lipinski definition) is 0. The van der Waals surface area contributed by atoms with Crippen LogP contribution in [0.3, 0.4) is 0 Å². The van der Waals surface area contributed by atoms with Crippen LogP contribution in [0.4, 0.5) is 0 Å². The van der Waals surface area contributed by atoms with Crippen LogP contribution in [0.15, 0.2) is 40.6 Å². The Morgan fingerprint density at radius 1 is 1.19 bits per heavy atom. The number of ether oxygens (including phenoxy) is 1. The van der Waals surface area contributed by atoms with Gasteiger partial charge in [0.2, 0.25) is 8.32 Å². The second kappa shape index (κ2) is 7.56. The summed E-state index contributed by atoms with van der Waals surface area (Å²) in [7, 11) is -2.02. The molecule has 1 rings (SSSR count). The van der Waals surface area contributed by atoms with E-state index in [0.29, 0.717) is 5.56 Å². The Hall–Kier alpha value is -1.40. The number of esters is 1. The highest BCUT2D eigenvalue weighted by atomic mass is 79.9. The normalized spacial score (nSPS) is 12.0. The summed E-state index contributed by atoms with van der Waals surface area (Å²) < 4.78 is 11.5. The van der Waals surface area contributed by atoms with E-state index in [1.807, 2.05) is 19.6 Å². The van der Waals surface area contributed by atoms with Crippen molar-refractivity contribution in [1.82, 2.24) is 0 Å². The van der Waals surface area contributed by atoms with Gasteiger partial charge in [-0.1, -0.05) is 15.9 Å². The minimum absolute atomic E-state index is 0.0241. The first-order valence-corrected chi connectivity index (χ1v) is 10.8. The zero-order chi connectivity index (χ0) is 16.0. The molecule has 0 saturated carbocycles. The maximum absolute atomic E-state index is 12.2. The largest absolute Gasteiger partial charge is 0.539 e. The summed E-state index contributed by atoms with van der Waals surface area (Å²) in [5, 5.41) is 0.